The van der Waals surface area contributed by atoms with E-state index in [4.69, 9.17) is 4.74 Å². The molecule has 0 aliphatic carbocycles. The molecule has 1 aliphatic heterocycles. The largest absolute Gasteiger partial charge is 0.418 e. The highest BCUT2D eigenvalue weighted by Gasteiger charge is 2.35. The number of nitrogens with one attached hydrogen (secondary N) is 2. The van der Waals surface area contributed by atoms with Gasteiger partial charge in [-0.1, -0.05) is 30.3 Å². The van der Waals surface area contributed by atoms with Gasteiger partial charge in [0.1, 0.15) is 16.7 Å². The number of aliphatic hydroxyl groups excluding tert-OH is 1. The van der Waals surface area contributed by atoms with Gasteiger partial charge < -0.3 is 19.9 Å². The highest BCUT2D eigenvalue weighted by atomic mass is 32.2. The molecule has 4 rings (SSSR count). The van der Waals surface area contributed by atoms with Gasteiger partial charge in [0.25, 0.3) is 0 Å². The standard InChI is InChI=1S/C23H23F3N4O2S/c1-14-5-2-3-6-15(14)22-16(23(24,25)26)9-10-20(29-22)30-33-21-8-4-7-19(28-21)27-17-13-32-12-11-18(17)31/h2-10,17-18,31H,11-13H2,1H3,(H,27,28)(H,29,30). The summed E-state index contributed by atoms with van der Waals surface area (Å²) < 4.78 is 49.2. The average Bonchev–Trinajstić information content (AvgIpc) is 2.79. The number of nitrogens with zero attached hydrogens (tertiary/aromatic N) is 2. The predicted molar refractivity (Wildman–Crippen MR) is 122 cm³/mol. The third-order valence-corrected chi connectivity index (χ3v) is 5.99. The average molecular weight is 477 g/mol. The molecule has 3 aromatic rings. The number of benzene rings is 1. The molecule has 1 aliphatic rings. The van der Waals surface area contributed by atoms with Crippen LogP contribution in [0, 0.1) is 6.92 Å². The molecule has 6 nitrogen and oxygen atoms in total. The lowest BCUT2D eigenvalue weighted by Crippen LogP contribution is -2.42. The molecule has 10 heteroatoms. The quantitative estimate of drug-likeness (QED) is 0.425. The molecular weight excluding hydrogens is 453 g/mol. The smallest absolute Gasteiger partial charge is 0.391 e. The lowest BCUT2D eigenvalue weighted by molar-refractivity contribution is -0.137. The topological polar surface area (TPSA) is 79.3 Å². The summed E-state index contributed by atoms with van der Waals surface area (Å²) in [6.45, 7) is 2.66. The van der Waals surface area contributed by atoms with Crippen LogP contribution in [0.5, 0.6) is 0 Å². The van der Waals surface area contributed by atoms with Crippen LogP contribution in [0.1, 0.15) is 17.5 Å². The highest BCUT2D eigenvalue weighted by molar-refractivity contribution is 8.00. The Labute approximate surface area is 193 Å². The zero-order chi connectivity index (χ0) is 23.4. The van der Waals surface area contributed by atoms with Gasteiger partial charge in [-0.05, 0) is 43.2 Å². The van der Waals surface area contributed by atoms with E-state index < -0.39 is 17.8 Å². The number of halogens is 3. The number of ether oxygens (including phenoxy) is 1. The minimum atomic E-state index is -4.52. The Bertz CT molecular complexity index is 1110. The molecule has 3 heterocycles. The number of hydrogen-bond donors (Lipinski definition) is 3. The van der Waals surface area contributed by atoms with Crippen LogP contribution in [0.2, 0.25) is 0 Å². The number of aryl methyl sites for hydroxylation is 1. The minimum Gasteiger partial charge on any atom is -0.391 e. The molecular formula is C23H23F3N4O2S. The van der Waals surface area contributed by atoms with Crippen molar-refractivity contribution in [2.24, 2.45) is 0 Å². The van der Waals surface area contributed by atoms with Crippen molar-refractivity contribution in [3.63, 3.8) is 0 Å². The second-order valence-electron chi connectivity index (χ2n) is 7.65. The number of aromatic nitrogens is 2. The first kappa shape index (κ1) is 23.3. The summed E-state index contributed by atoms with van der Waals surface area (Å²) in [6, 6.07) is 14.3. The van der Waals surface area contributed by atoms with Crippen LogP contribution in [0.25, 0.3) is 11.3 Å². The molecule has 2 aromatic heterocycles. The van der Waals surface area contributed by atoms with Crippen LogP contribution in [0.3, 0.4) is 0 Å². The van der Waals surface area contributed by atoms with Crippen LogP contribution in [0.4, 0.5) is 24.8 Å². The third kappa shape index (κ3) is 5.76. The van der Waals surface area contributed by atoms with E-state index in [1.807, 2.05) is 0 Å². The zero-order valence-corrected chi connectivity index (χ0v) is 18.6. The summed E-state index contributed by atoms with van der Waals surface area (Å²) in [5.74, 6) is 0.847. The number of anilines is 2. The van der Waals surface area contributed by atoms with Crippen molar-refractivity contribution in [1.29, 1.82) is 0 Å². The van der Waals surface area contributed by atoms with Crippen LogP contribution < -0.4 is 10.0 Å². The maximum absolute atomic E-state index is 13.6. The Kier molecular flexibility index (Phi) is 7.06. The van der Waals surface area contributed by atoms with Gasteiger partial charge in [-0.15, -0.1) is 0 Å². The molecule has 2 atom stereocenters. The van der Waals surface area contributed by atoms with Gasteiger partial charge in [-0.25, -0.2) is 9.97 Å². The number of aliphatic hydroxyl groups is 1. The van der Waals surface area contributed by atoms with Gasteiger partial charge in [-0.3, -0.25) is 0 Å². The summed E-state index contributed by atoms with van der Waals surface area (Å²) in [4.78, 5) is 8.75. The van der Waals surface area contributed by atoms with Gasteiger partial charge in [0.2, 0.25) is 0 Å². The van der Waals surface area contributed by atoms with E-state index in [0.717, 1.165) is 18.0 Å². The second-order valence-corrected chi connectivity index (χ2v) is 8.48. The van der Waals surface area contributed by atoms with E-state index in [2.05, 4.69) is 20.0 Å². The summed E-state index contributed by atoms with van der Waals surface area (Å²) in [6.07, 6.45) is -4.49. The van der Waals surface area contributed by atoms with Gasteiger partial charge in [0, 0.05) is 24.1 Å². The van der Waals surface area contributed by atoms with Crippen molar-refractivity contribution < 1.29 is 23.0 Å². The Morgan fingerprint density at radius 3 is 2.61 bits per heavy atom. The maximum atomic E-state index is 13.6. The van der Waals surface area contributed by atoms with Crippen molar-refractivity contribution in [1.82, 2.24) is 9.97 Å². The lowest BCUT2D eigenvalue weighted by atomic mass is 10.0. The second kappa shape index (κ2) is 9.98. The molecule has 1 fully saturated rings. The number of alkyl halides is 3. The Hall–Kier alpha value is -2.82. The van der Waals surface area contributed by atoms with Gasteiger partial charge >= 0.3 is 6.18 Å². The normalized spacial score (nSPS) is 18.7. The SMILES string of the molecule is Cc1ccccc1-c1nc(NSc2cccc(NC3COCCC3O)n2)ccc1C(F)(F)F. The molecule has 0 amide bonds. The first-order chi connectivity index (χ1) is 15.8. The predicted octanol–water partition coefficient (Wildman–Crippen LogP) is 5.15. The van der Waals surface area contributed by atoms with E-state index >= 15 is 0 Å². The van der Waals surface area contributed by atoms with Gasteiger partial charge in [-0.2, -0.15) is 13.2 Å². The van der Waals surface area contributed by atoms with E-state index in [1.165, 1.54) is 6.07 Å². The number of hydrogen-bond acceptors (Lipinski definition) is 7. The van der Waals surface area contributed by atoms with Gasteiger partial charge in [0.15, 0.2) is 0 Å². The summed E-state index contributed by atoms with van der Waals surface area (Å²) >= 11 is 1.13. The maximum Gasteiger partial charge on any atom is 0.418 e. The van der Waals surface area contributed by atoms with Crippen LogP contribution in [-0.4, -0.2) is 40.4 Å². The van der Waals surface area contributed by atoms with E-state index in [0.29, 0.717) is 41.6 Å². The molecule has 0 bridgehead atoms. The van der Waals surface area contributed by atoms with Crippen molar-refractivity contribution in [2.45, 2.75) is 36.7 Å². The van der Waals surface area contributed by atoms with Crippen LogP contribution in [-0.2, 0) is 10.9 Å². The molecule has 33 heavy (non-hydrogen) atoms. The molecule has 1 aromatic carbocycles. The molecule has 0 radical (unpaired) electrons. The Morgan fingerprint density at radius 2 is 1.85 bits per heavy atom. The first-order valence-corrected chi connectivity index (χ1v) is 11.2. The molecule has 174 valence electrons. The Morgan fingerprint density at radius 1 is 1.03 bits per heavy atom. The Balaban J connectivity index is 1.52. The fourth-order valence-corrected chi connectivity index (χ4v) is 4.11. The third-order valence-electron chi connectivity index (χ3n) is 5.24. The summed E-state index contributed by atoms with van der Waals surface area (Å²) in [7, 11) is 0. The van der Waals surface area contributed by atoms with Crippen molar-refractivity contribution in [3.05, 3.63) is 65.7 Å². The molecule has 3 N–H and O–H groups in total. The number of rotatable bonds is 6. The molecule has 0 saturated carbocycles. The number of pyridine rings is 2. The fraction of sp³-hybridized carbons (Fsp3) is 0.304. The van der Waals surface area contributed by atoms with Crippen LogP contribution in [0.15, 0.2) is 59.6 Å². The lowest BCUT2D eigenvalue weighted by Gasteiger charge is -2.28. The monoisotopic (exact) mass is 476 g/mol. The first-order valence-electron chi connectivity index (χ1n) is 10.4. The van der Waals surface area contributed by atoms with Crippen LogP contribution >= 0.6 is 11.9 Å². The molecule has 2 unspecified atom stereocenters. The van der Waals surface area contributed by atoms with E-state index in [-0.39, 0.29) is 17.6 Å². The minimum absolute atomic E-state index is 0.124. The fourth-order valence-electron chi connectivity index (χ4n) is 3.50. The summed E-state index contributed by atoms with van der Waals surface area (Å²) in [5, 5.41) is 13.8. The zero-order valence-electron chi connectivity index (χ0n) is 17.8. The highest BCUT2D eigenvalue weighted by Crippen LogP contribution is 2.38. The van der Waals surface area contributed by atoms with Crippen molar-refractivity contribution >= 4 is 23.6 Å². The summed E-state index contributed by atoms with van der Waals surface area (Å²) in [5.41, 5.74) is 0.219. The van der Waals surface area contributed by atoms with E-state index in [9.17, 15) is 18.3 Å². The van der Waals surface area contributed by atoms with Crippen molar-refractivity contribution in [2.75, 3.05) is 23.3 Å². The van der Waals surface area contributed by atoms with E-state index in [1.54, 1.807) is 49.4 Å². The molecule has 0 spiro atoms. The van der Waals surface area contributed by atoms with Gasteiger partial charge in [0.05, 0.1) is 30.0 Å². The van der Waals surface area contributed by atoms with Crippen molar-refractivity contribution in [3.8, 4) is 11.3 Å². The molecule has 1 saturated heterocycles.